The number of methoxy groups -OCH3 is 1. The van der Waals surface area contributed by atoms with Gasteiger partial charge in [-0.1, -0.05) is 42.1 Å². The second-order valence-corrected chi connectivity index (χ2v) is 8.17. The van der Waals surface area contributed by atoms with Gasteiger partial charge >= 0.3 is 0 Å². The van der Waals surface area contributed by atoms with Gasteiger partial charge in [-0.2, -0.15) is 0 Å². The number of amides is 1. The first-order valence-corrected chi connectivity index (χ1v) is 10.9. The van der Waals surface area contributed by atoms with Gasteiger partial charge in [-0.05, 0) is 65.1 Å². The van der Waals surface area contributed by atoms with E-state index in [0.29, 0.717) is 5.16 Å². The SMILES string of the molecule is COc1ccc(-n2cnnc2SCC(=O)Nc2ccc3c(c2)-c2ccccc2C3)cc1. The number of benzene rings is 3. The lowest BCUT2D eigenvalue weighted by Gasteiger charge is -2.09. The number of hydrogen-bond acceptors (Lipinski definition) is 5. The maximum atomic E-state index is 12.6. The van der Waals surface area contributed by atoms with Crippen molar-refractivity contribution in [3.8, 4) is 22.6 Å². The Morgan fingerprint density at radius 3 is 2.71 bits per heavy atom. The van der Waals surface area contributed by atoms with E-state index >= 15 is 0 Å². The Bertz CT molecular complexity index is 1250. The first-order valence-electron chi connectivity index (χ1n) is 9.89. The third-order valence-electron chi connectivity index (χ3n) is 5.28. The third-order valence-corrected chi connectivity index (χ3v) is 6.22. The number of rotatable bonds is 6. The molecule has 0 unspecified atom stereocenters. The minimum Gasteiger partial charge on any atom is -0.497 e. The summed E-state index contributed by atoms with van der Waals surface area (Å²) in [7, 11) is 1.63. The molecule has 0 spiro atoms. The molecule has 0 fully saturated rings. The Hall–Kier alpha value is -3.58. The van der Waals surface area contributed by atoms with E-state index in [1.807, 2.05) is 34.9 Å². The van der Waals surface area contributed by atoms with E-state index < -0.39 is 0 Å². The summed E-state index contributed by atoms with van der Waals surface area (Å²) < 4.78 is 7.05. The van der Waals surface area contributed by atoms with Crippen molar-refractivity contribution in [3.63, 3.8) is 0 Å². The lowest BCUT2D eigenvalue weighted by atomic mass is 10.1. The third kappa shape index (κ3) is 3.92. The van der Waals surface area contributed by atoms with Gasteiger partial charge in [0.25, 0.3) is 0 Å². The largest absolute Gasteiger partial charge is 0.497 e. The molecule has 31 heavy (non-hydrogen) atoms. The van der Waals surface area contributed by atoms with Crippen molar-refractivity contribution in [2.45, 2.75) is 11.6 Å². The smallest absolute Gasteiger partial charge is 0.234 e. The Morgan fingerprint density at radius 1 is 1.06 bits per heavy atom. The van der Waals surface area contributed by atoms with Crippen LogP contribution in [0.25, 0.3) is 16.8 Å². The fraction of sp³-hybridized carbons (Fsp3) is 0.125. The molecular formula is C24H20N4O2S. The summed E-state index contributed by atoms with van der Waals surface area (Å²) in [6.07, 6.45) is 2.58. The van der Waals surface area contributed by atoms with E-state index in [1.54, 1.807) is 13.4 Å². The van der Waals surface area contributed by atoms with Crippen LogP contribution in [0.1, 0.15) is 11.1 Å². The zero-order valence-corrected chi connectivity index (χ0v) is 17.7. The molecule has 0 aliphatic heterocycles. The van der Waals surface area contributed by atoms with Crippen LogP contribution in [-0.2, 0) is 11.2 Å². The highest BCUT2D eigenvalue weighted by molar-refractivity contribution is 7.99. The molecule has 1 amide bonds. The molecule has 0 saturated carbocycles. The summed E-state index contributed by atoms with van der Waals surface area (Å²) in [4.78, 5) is 12.6. The van der Waals surface area contributed by atoms with Gasteiger partial charge in [-0.3, -0.25) is 9.36 Å². The van der Waals surface area contributed by atoms with E-state index in [4.69, 9.17) is 4.74 Å². The second kappa shape index (κ2) is 8.28. The zero-order valence-electron chi connectivity index (χ0n) is 16.9. The van der Waals surface area contributed by atoms with Crippen molar-refractivity contribution in [3.05, 3.63) is 84.2 Å². The topological polar surface area (TPSA) is 69.0 Å². The zero-order chi connectivity index (χ0) is 21.2. The highest BCUT2D eigenvalue weighted by atomic mass is 32.2. The molecule has 0 saturated heterocycles. The van der Waals surface area contributed by atoms with E-state index in [1.165, 1.54) is 34.0 Å². The molecule has 0 atom stereocenters. The van der Waals surface area contributed by atoms with Gasteiger partial charge in [0.1, 0.15) is 12.1 Å². The first-order chi connectivity index (χ1) is 15.2. The van der Waals surface area contributed by atoms with Crippen molar-refractivity contribution in [2.24, 2.45) is 0 Å². The molecule has 4 aromatic rings. The number of hydrogen-bond donors (Lipinski definition) is 1. The van der Waals surface area contributed by atoms with E-state index in [9.17, 15) is 4.79 Å². The number of carbonyl (C=O) groups excluding carboxylic acids is 1. The summed E-state index contributed by atoms with van der Waals surface area (Å²) in [5, 5.41) is 11.8. The Kier molecular flexibility index (Phi) is 5.18. The maximum Gasteiger partial charge on any atom is 0.234 e. The van der Waals surface area contributed by atoms with Crippen LogP contribution < -0.4 is 10.1 Å². The number of nitrogens with zero attached hydrogens (tertiary/aromatic N) is 3. The molecule has 1 aromatic heterocycles. The van der Waals surface area contributed by atoms with E-state index in [2.05, 4.69) is 51.9 Å². The Balaban J connectivity index is 1.25. The number of carbonyl (C=O) groups is 1. The summed E-state index contributed by atoms with van der Waals surface area (Å²) in [5.74, 6) is 0.936. The molecule has 154 valence electrons. The van der Waals surface area contributed by atoms with Crippen molar-refractivity contribution >= 4 is 23.4 Å². The summed E-state index contributed by atoms with van der Waals surface area (Å²) in [6, 6.07) is 22.1. The normalized spacial score (nSPS) is 11.6. The Labute approximate surface area is 184 Å². The number of nitrogens with one attached hydrogen (secondary N) is 1. The molecule has 6 nitrogen and oxygen atoms in total. The van der Waals surface area contributed by atoms with Gasteiger partial charge in [0.2, 0.25) is 5.91 Å². The number of ether oxygens (including phenoxy) is 1. The molecule has 7 heteroatoms. The average Bonchev–Trinajstić information content (AvgIpc) is 3.42. The highest BCUT2D eigenvalue weighted by Crippen LogP contribution is 2.37. The molecule has 1 N–H and O–H groups in total. The number of anilines is 1. The Morgan fingerprint density at radius 2 is 1.87 bits per heavy atom. The van der Waals surface area contributed by atoms with Crippen LogP contribution >= 0.6 is 11.8 Å². The van der Waals surface area contributed by atoms with Crippen LogP contribution in [0.5, 0.6) is 5.75 Å². The first kappa shape index (κ1) is 19.4. The molecule has 5 rings (SSSR count). The van der Waals surface area contributed by atoms with Gasteiger partial charge in [0.15, 0.2) is 5.16 Å². The van der Waals surface area contributed by atoms with Crippen LogP contribution in [0.3, 0.4) is 0 Å². The van der Waals surface area contributed by atoms with Crippen LogP contribution in [0.2, 0.25) is 0 Å². The number of thioether (sulfide) groups is 1. The average molecular weight is 429 g/mol. The summed E-state index contributed by atoms with van der Waals surface area (Å²) >= 11 is 1.35. The fourth-order valence-corrected chi connectivity index (χ4v) is 4.50. The van der Waals surface area contributed by atoms with Gasteiger partial charge in [-0.15, -0.1) is 10.2 Å². The predicted molar refractivity (Wildman–Crippen MR) is 122 cm³/mol. The fourth-order valence-electron chi connectivity index (χ4n) is 3.77. The van der Waals surface area contributed by atoms with Crippen molar-refractivity contribution in [1.29, 1.82) is 0 Å². The molecule has 1 aliphatic rings. The van der Waals surface area contributed by atoms with Crippen LogP contribution in [0, 0.1) is 0 Å². The summed E-state index contributed by atoms with van der Waals surface area (Å²) in [6.45, 7) is 0. The van der Waals surface area contributed by atoms with Gasteiger partial charge in [0, 0.05) is 11.4 Å². The van der Waals surface area contributed by atoms with E-state index in [0.717, 1.165) is 23.5 Å². The molecule has 3 aromatic carbocycles. The van der Waals surface area contributed by atoms with Crippen LogP contribution in [0.15, 0.2) is 78.2 Å². The molecule has 1 aliphatic carbocycles. The van der Waals surface area contributed by atoms with Gasteiger partial charge < -0.3 is 10.1 Å². The minimum absolute atomic E-state index is 0.0829. The highest BCUT2D eigenvalue weighted by Gasteiger charge is 2.18. The van der Waals surface area contributed by atoms with Crippen molar-refractivity contribution in [2.75, 3.05) is 18.2 Å². The lowest BCUT2D eigenvalue weighted by molar-refractivity contribution is -0.113. The molecular weight excluding hydrogens is 408 g/mol. The van der Waals surface area contributed by atoms with Crippen molar-refractivity contribution < 1.29 is 9.53 Å². The molecule has 0 radical (unpaired) electrons. The number of aromatic nitrogens is 3. The van der Waals surface area contributed by atoms with Gasteiger partial charge in [-0.25, -0.2) is 0 Å². The maximum absolute atomic E-state index is 12.6. The standard InChI is InChI=1S/C24H20N4O2S/c1-30-20-10-8-19(9-11-20)28-15-25-27-24(28)31-14-23(29)26-18-7-6-17-12-16-4-2-3-5-21(16)22(17)13-18/h2-11,13,15H,12,14H2,1H3,(H,26,29). The summed E-state index contributed by atoms with van der Waals surface area (Å²) in [5.41, 5.74) is 6.77. The number of fused-ring (bicyclic) bond motifs is 3. The van der Waals surface area contributed by atoms with Crippen molar-refractivity contribution in [1.82, 2.24) is 14.8 Å². The monoisotopic (exact) mass is 428 g/mol. The molecule has 0 bridgehead atoms. The lowest BCUT2D eigenvalue weighted by Crippen LogP contribution is -2.14. The van der Waals surface area contributed by atoms with Crippen LogP contribution in [-0.4, -0.2) is 33.5 Å². The van der Waals surface area contributed by atoms with Gasteiger partial charge in [0.05, 0.1) is 12.9 Å². The minimum atomic E-state index is -0.0829. The predicted octanol–water partition coefficient (Wildman–Crippen LogP) is 4.58. The molecule has 1 heterocycles. The quantitative estimate of drug-likeness (QED) is 0.401. The second-order valence-electron chi connectivity index (χ2n) is 7.22. The van der Waals surface area contributed by atoms with E-state index in [-0.39, 0.29) is 11.7 Å². The van der Waals surface area contributed by atoms with Crippen LogP contribution in [0.4, 0.5) is 5.69 Å².